The van der Waals surface area contributed by atoms with Crippen molar-refractivity contribution in [3.05, 3.63) is 39.3 Å². The fourth-order valence-corrected chi connectivity index (χ4v) is 3.70. The first-order chi connectivity index (χ1) is 8.18. The van der Waals surface area contributed by atoms with E-state index in [9.17, 15) is 0 Å². The zero-order valence-electron chi connectivity index (χ0n) is 9.44. The number of rotatable bonds is 4. The predicted molar refractivity (Wildman–Crippen MR) is 77.1 cm³/mol. The van der Waals surface area contributed by atoms with Gasteiger partial charge in [0.2, 0.25) is 0 Å². The Kier molecular flexibility index (Phi) is 4.31. The average molecular weight is 285 g/mol. The van der Waals surface area contributed by atoms with Crippen molar-refractivity contribution in [3.8, 4) is 0 Å². The Balaban J connectivity index is 1.97. The third kappa shape index (κ3) is 3.15. The smallest absolute Gasteiger partial charge is 0.0797 e. The minimum atomic E-state index is 0.732. The van der Waals surface area contributed by atoms with Crippen LogP contribution in [0.4, 0.5) is 5.69 Å². The number of nitrogens with two attached hydrogens (primary N) is 1. The van der Waals surface area contributed by atoms with Crippen molar-refractivity contribution in [2.45, 2.75) is 18.2 Å². The molecule has 0 unspecified atom stereocenters. The molecule has 0 atom stereocenters. The zero-order chi connectivity index (χ0) is 12.3. The maximum absolute atomic E-state index is 6.11. The first kappa shape index (κ1) is 12.7. The molecule has 0 radical (unpaired) electrons. The van der Waals surface area contributed by atoms with E-state index in [1.165, 1.54) is 4.88 Å². The Bertz CT molecular complexity index is 491. The van der Waals surface area contributed by atoms with Gasteiger partial charge in [0.25, 0.3) is 0 Å². The number of anilines is 1. The van der Waals surface area contributed by atoms with Crippen LogP contribution in [-0.2, 0) is 6.42 Å². The van der Waals surface area contributed by atoms with Gasteiger partial charge in [0, 0.05) is 21.2 Å². The number of halogens is 1. The minimum absolute atomic E-state index is 0.732. The fourth-order valence-electron chi connectivity index (χ4n) is 1.49. The minimum Gasteiger partial charge on any atom is -0.398 e. The maximum Gasteiger partial charge on any atom is 0.0797 e. The van der Waals surface area contributed by atoms with Crippen LogP contribution in [0.1, 0.15) is 10.6 Å². The summed E-state index contributed by atoms with van der Waals surface area (Å²) >= 11 is 9.52. The van der Waals surface area contributed by atoms with Crippen LogP contribution in [0.5, 0.6) is 0 Å². The zero-order valence-corrected chi connectivity index (χ0v) is 11.8. The summed E-state index contributed by atoms with van der Waals surface area (Å²) in [5.41, 5.74) is 9.66. The monoisotopic (exact) mass is 284 g/mol. The average Bonchev–Trinajstić information content (AvgIpc) is 2.69. The molecular weight excluding hydrogens is 272 g/mol. The van der Waals surface area contributed by atoms with E-state index < -0.39 is 0 Å². The highest BCUT2D eigenvalue weighted by atomic mass is 35.5. The molecule has 0 aliphatic carbocycles. The van der Waals surface area contributed by atoms with E-state index in [1.807, 2.05) is 30.6 Å². The van der Waals surface area contributed by atoms with Crippen molar-refractivity contribution in [1.29, 1.82) is 0 Å². The third-order valence-electron chi connectivity index (χ3n) is 2.42. The summed E-state index contributed by atoms with van der Waals surface area (Å²) < 4.78 is 0. The van der Waals surface area contributed by atoms with E-state index in [4.69, 9.17) is 17.3 Å². The molecule has 2 rings (SSSR count). The number of thiazole rings is 1. The van der Waals surface area contributed by atoms with Gasteiger partial charge in [-0.1, -0.05) is 17.7 Å². The van der Waals surface area contributed by atoms with Crippen molar-refractivity contribution >= 4 is 40.4 Å². The van der Waals surface area contributed by atoms with Gasteiger partial charge in [-0.15, -0.1) is 23.1 Å². The van der Waals surface area contributed by atoms with Crippen molar-refractivity contribution < 1.29 is 0 Å². The lowest BCUT2D eigenvalue weighted by Gasteiger charge is -2.06. The molecule has 0 spiro atoms. The summed E-state index contributed by atoms with van der Waals surface area (Å²) in [7, 11) is 0. The lowest BCUT2D eigenvalue weighted by Crippen LogP contribution is -1.92. The van der Waals surface area contributed by atoms with E-state index in [-0.39, 0.29) is 0 Å². The Morgan fingerprint density at radius 1 is 1.47 bits per heavy atom. The molecule has 0 amide bonds. The van der Waals surface area contributed by atoms with Gasteiger partial charge in [-0.2, -0.15) is 0 Å². The molecule has 1 aromatic heterocycles. The number of aromatic nitrogens is 1. The van der Waals surface area contributed by atoms with Crippen LogP contribution >= 0.6 is 34.7 Å². The summed E-state index contributed by atoms with van der Waals surface area (Å²) in [5.74, 6) is 0.969. The lowest BCUT2D eigenvalue weighted by atomic mass is 10.3. The highest BCUT2D eigenvalue weighted by molar-refractivity contribution is 7.99. The number of nitrogen functional groups attached to an aromatic ring is 1. The van der Waals surface area contributed by atoms with Crippen molar-refractivity contribution in [2.24, 2.45) is 0 Å². The number of hydrogen-bond acceptors (Lipinski definition) is 4. The molecule has 5 heteroatoms. The first-order valence-corrected chi connectivity index (χ1v) is 7.48. The Morgan fingerprint density at radius 2 is 2.29 bits per heavy atom. The van der Waals surface area contributed by atoms with Gasteiger partial charge in [-0.05, 0) is 25.5 Å². The number of thioether (sulfide) groups is 1. The van der Waals surface area contributed by atoms with Crippen LogP contribution < -0.4 is 5.73 Å². The molecule has 0 bridgehead atoms. The van der Waals surface area contributed by atoms with Gasteiger partial charge >= 0.3 is 0 Å². The van der Waals surface area contributed by atoms with Crippen LogP contribution in [0.15, 0.2) is 28.6 Å². The molecule has 2 nitrogen and oxygen atoms in total. The Morgan fingerprint density at radius 3 is 2.94 bits per heavy atom. The van der Waals surface area contributed by atoms with Gasteiger partial charge in [0.1, 0.15) is 0 Å². The lowest BCUT2D eigenvalue weighted by molar-refractivity contribution is 1.12. The molecule has 17 heavy (non-hydrogen) atoms. The number of benzene rings is 1. The predicted octanol–water partition coefficient (Wildman–Crippen LogP) is 4.02. The van der Waals surface area contributed by atoms with Crippen molar-refractivity contribution in [2.75, 3.05) is 11.5 Å². The quantitative estimate of drug-likeness (QED) is 0.681. The third-order valence-corrected chi connectivity index (χ3v) is 4.99. The largest absolute Gasteiger partial charge is 0.398 e. The van der Waals surface area contributed by atoms with E-state index >= 15 is 0 Å². The van der Waals surface area contributed by atoms with E-state index in [2.05, 4.69) is 4.98 Å². The summed E-state index contributed by atoms with van der Waals surface area (Å²) in [5, 5.41) is 0.732. The van der Waals surface area contributed by atoms with Gasteiger partial charge in [-0.25, -0.2) is 4.98 Å². The van der Waals surface area contributed by atoms with Crippen LogP contribution in [0, 0.1) is 6.92 Å². The number of hydrogen-bond donors (Lipinski definition) is 1. The second-order valence-corrected chi connectivity index (χ2v) is 6.07. The summed E-state index contributed by atoms with van der Waals surface area (Å²) in [6, 6.07) is 5.62. The topological polar surface area (TPSA) is 38.9 Å². The van der Waals surface area contributed by atoms with E-state index in [1.54, 1.807) is 23.1 Å². The molecule has 2 N–H and O–H groups in total. The fraction of sp³-hybridized carbons (Fsp3) is 0.250. The van der Waals surface area contributed by atoms with Crippen LogP contribution in [0.25, 0.3) is 0 Å². The molecule has 0 saturated heterocycles. The molecule has 0 aliphatic heterocycles. The van der Waals surface area contributed by atoms with E-state index in [0.29, 0.717) is 0 Å². The van der Waals surface area contributed by atoms with Crippen LogP contribution in [0.3, 0.4) is 0 Å². The Labute approximate surface area is 114 Å². The Hall–Kier alpha value is -0.710. The summed E-state index contributed by atoms with van der Waals surface area (Å²) in [6.07, 6.45) is 1.01. The van der Waals surface area contributed by atoms with Crippen molar-refractivity contribution in [3.63, 3.8) is 0 Å². The van der Waals surface area contributed by atoms with Gasteiger partial charge < -0.3 is 5.73 Å². The summed E-state index contributed by atoms with van der Waals surface area (Å²) in [6.45, 7) is 2.04. The molecular formula is C12H13ClN2S2. The maximum atomic E-state index is 6.11. The first-order valence-electron chi connectivity index (χ1n) is 5.24. The molecule has 0 saturated carbocycles. The van der Waals surface area contributed by atoms with Gasteiger partial charge in [0.05, 0.1) is 16.2 Å². The number of aryl methyl sites for hydroxylation is 2. The standard InChI is InChI=1S/C12H13ClN2S2/c1-8-11(17-7-15-8)5-6-16-12-9(13)3-2-4-10(12)14/h2-4,7H,5-6,14H2,1H3. The SMILES string of the molecule is Cc1ncsc1CCSc1c(N)cccc1Cl. The molecule has 1 aromatic carbocycles. The van der Waals surface area contributed by atoms with Crippen LogP contribution in [0.2, 0.25) is 5.02 Å². The van der Waals surface area contributed by atoms with Crippen molar-refractivity contribution in [1.82, 2.24) is 4.98 Å². The van der Waals surface area contributed by atoms with Gasteiger partial charge in [-0.3, -0.25) is 0 Å². The second kappa shape index (κ2) is 5.76. The normalized spacial score (nSPS) is 10.7. The van der Waals surface area contributed by atoms with Crippen LogP contribution in [-0.4, -0.2) is 10.7 Å². The number of nitrogens with zero attached hydrogens (tertiary/aromatic N) is 1. The van der Waals surface area contributed by atoms with E-state index in [0.717, 1.165) is 33.5 Å². The molecule has 2 aromatic rings. The highest BCUT2D eigenvalue weighted by Gasteiger charge is 2.06. The second-order valence-electron chi connectivity index (χ2n) is 3.62. The van der Waals surface area contributed by atoms with Gasteiger partial charge in [0.15, 0.2) is 0 Å². The summed E-state index contributed by atoms with van der Waals surface area (Å²) in [4.78, 5) is 6.55. The molecule has 1 heterocycles. The molecule has 0 aliphatic rings. The molecule has 0 fully saturated rings. The molecule has 90 valence electrons. The highest BCUT2D eigenvalue weighted by Crippen LogP contribution is 2.33.